The summed E-state index contributed by atoms with van der Waals surface area (Å²) < 4.78 is 0. The van der Waals surface area contributed by atoms with Crippen molar-refractivity contribution in [2.24, 2.45) is 0 Å². The molecule has 1 atom stereocenters. The number of ketones is 1. The molecule has 1 aromatic carbocycles. The zero-order valence-electron chi connectivity index (χ0n) is 14.2. The van der Waals surface area contributed by atoms with E-state index >= 15 is 0 Å². The van der Waals surface area contributed by atoms with Crippen molar-refractivity contribution in [3.63, 3.8) is 0 Å². The maximum atomic E-state index is 12.9. The number of benzene rings is 1. The predicted octanol–water partition coefficient (Wildman–Crippen LogP) is 1.47. The number of rotatable bonds is 6. The molecule has 0 saturated heterocycles. The van der Waals surface area contributed by atoms with Crippen LogP contribution in [0.4, 0.5) is 0 Å². The normalized spacial score (nSPS) is 17.6. The Morgan fingerprint density at radius 2 is 1.92 bits per heavy atom. The Bertz CT molecular complexity index is 797. The Labute approximate surface area is 150 Å². The summed E-state index contributed by atoms with van der Waals surface area (Å²) in [6.07, 6.45) is 0. The van der Waals surface area contributed by atoms with Gasteiger partial charge in [0.15, 0.2) is 5.76 Å². The summed E-state index contributed by atoms with van der Waals surface area (Å²) in [4.78, 5) is 28.9. The number of aliphatic hydroxyl groups is 1. The van der Waals surface area contributed by atoms with E-state index in [4.69, 9.17) is 0 Å². The smallest absolute Gasteiger partial charge is 0.290 e. The van der Waals surface area contributed by atoms with Crippen molar-refractivity contribution in [1.82, 2.24) is 4.90 Å². The molecule has 0 spiro atoms. The lowest BCUT2D eigenvalue weighted by atomic mass is 9.95. The van der Waals surface area contributed by atoms with Gasteiger partial charge in [-0.3, -0.25) is 9.59 Å². The van der Waals surface area contributed by atoms with Gasteiger partial charge in [-0.25, -0.2) is 0 Å². The predicted molar refractivity (Wildman–Crippen MR) is 96.9 cm³/mol. The largest absolute Gasteiger partial charge is 0.503 e. The Morgan fingerprint density at radius 1 is 1.20 bits per heavy atom. The number of nitrogens with zero attached hydrogens (tertiary/aromatic N) is 1. The standard InChI is InChI=1S/C19H20N2O3S/c1-20(2)10-11-21-16(13-7-4-3-5-8-13)15(18(23)19(21)24)17(22)14-9-6-12-25-14/h3-9,12,16,23H,10-11H2,1-2H3/p+1. The van der Waals surface area contributed by atoms with Crippen LogP contribution in [0.15, 0.2) is 59.2 Å². The first-order valence-electron chi connectivity index (χ1n) is 8.17. The average molecular weight is 357 g/mol. The number of quaternary nitrogens is 1. The molecule has 2 N–H and O–H groups in total. The second-order valence-electron chi connectivity index (χ2n) is 6.34. The van der Waals surface area contributed by atoms with E-state index in [2.05, 4.69) is 0 Å². The topological polar surface area (TPSA) is 62.1 Å². The molecule has 25 heavy (non-hydrogen) atoms. The summed E-state index contributed by atoms with van der Waals surface area (Å²) in [5.41, 5.74) is 1.00. The molecule has 2 heterocycles. The van der Waals surface area contributed by atoms with Crippen LogP contribution in [0.5, 0.6) is 0 Å². The molecule has 0 fully saturated rings. The minimum atomic E-state index is -0.553. The first-order valence-corrected chi connectivity index (χ1v) is 9.05. The van der Waals surface area contributed by atoms with Gasteiger partial charge in [0.05, 0.1) is 43.7 Å². The van der Waals surface area contributed by atoms with Crippen LogP contribution in [-0.4, -0.2) is 48.9 Å². The Morgan fingerprint density at radius 3 is 2.52 bits per heavy atom. The molecule has 1 aliphatic heterocycles. The molecule has 1 aromatic heterocycles. The highest BCUT2D eigenvalue weighted by Crippen LogP contribution is 2.39. The van der Waals surface area contributed by atoms with E-state index in [-0.39, 0.29) is 11.4 Å². The Balaban J connectivity index is 2.04. The van der Waals surface area contributed by atoms with Crippen molar-refractivity contribution < 1.29 is 19.6 Å². The van der Waals surface area contributed by atoms with Crippen molar-refractivity contribution >= 4 is 23.0 Å². The number of carbonyl (C=O) groups is 2. The fourth-order valence-electron chi connectivity index (χ4n) is 2.98. The van der Waals surface area contributed by atoms with E-state index in [1.807, 2.05) is 49.8 Å². The molecule has 0 bridgehead atoms. The summed E-state index contributed by atoms with van der Waals surface area (Å²) in [5.74, 6) is -1.19. The van der Waals surface area contributed by atoms with Gasteiger partial charge in [0, 0.05) is 0 Å². The van der Waals surface area contributed by atoms with Crippen LogP contribution in [0, 0.1) is 0 Å². The average Bonchev–Trinajstić information content (AvgIpc) is 3.22. The van der Waals surface area contributed by atoms with Gasteiger partial charge in [0.25, 0.3) is 5.91 Å². The zero-order chi connectivity index (χ0) is 18.0. The third kappa shape index (κ3) is 3.36. The van der Waals surface area contributed by atoms with E-state index in [1.165, 1.54) is 16.2 Å². The lowest BCUT2D eigenvalue weighted by molar-refractivity contribution is -0.857. The van der Waals surface area contributed by atoms with E-state index in [1.54, 1.807) is 17.0 Å². The third-order valence-electron chi connectivity index (χ3n) is 4.26. The number of Topliss-reactive ketones (excluding diaryl/α,β-unsaturated/α-hetero) is 1. The number of aliphatic hydroxyl groups excluding tert-OH is 1. The molecule has 6 heteroatoms. The number of carbonyl (C=O) groups excluding carboxylic acids is 2. The fraction of sp³-hybridized carbons (Fsp3) is 0.263. The van der Waals surface area contributed by atoms with Gasteiger partial charge in [0.2, 0.25) is 5.78 Å². The Hall–Kier alpha value is -2.44. The second kappa shape index (κ2) is 7.21. The molecule has 130 valence electrons. The molecular formula is C19H21N2O3S+. The minimum absolute atomic E-state index is 0.174. The summed E-state index contributed by atoms with van der Waals surface area (Å²) >= 11 is 1.31. The zero-order valence-corrected chi connectivity index (χ0v) is 15.0. The monoisotopic (exact) mass is 357 g/mol. The summed E-state index contributed by atoms with van der Waals surface area (Å²) in [6.45, 7) is 1.19. The quantitative estimate of drug-likeness (QED) is 0.770. The molecule has 1 unspecified atom stereocenters. The van der Waals surface area contributed by atoms with Gasteiger partial charge in [-0.2, -0.15) is 0 Å². The van der Waals surface area contributed by atoms with Gasteiger partial charge >= 0.3 is 0 Å². The lowest BCUT2D eigenvalue weighted by Gasteiger charge is -2.27. The number of amides is 1. The van der Waals surface area contributed by atoms with Gasteiger partial charge in [0.1, 0.15) is 0 Å². The van der Waals surface area contributed by atoms with Crippen LogP contribution < -0.4 is 4.90 Å². The number of hydrogen-bond donors (Lipinski definition) is 2. The van der Waals surface area contributed by atoms with Crippen molar-refractivity contribution in [1.29, 1.82) is 0 Å². The highest BCUT2D eigenvalue weighted by atomic mass is 32.1. The summed E-state index contributed by atoms with van der Waals surface area (Å²) in [7, 11) is 4.01. The van der Waals surface area contributed by atoms with Gasteiger partial charge in [-0.05, 0) is 17.0 Å². The van der Waals surface area contributed by atoms with E-state index in [0.29, 0.717) is 11.4 Å². The molecule has 0 radical (unpaired) electrons. The number of thiophene rings is 1. The summed E-state index contributed by atoms with van der Waals surface area (Å²) in [5, 5.41) is 12.3. The first-order chi connectivity index (χ1) is 12.0. The maximum absolute atomic E-state index is 12.9. The van der Waals surface area contributed by atoms with Crippen LogP contribution >= 0.6 is 11.3 Å². The van der Waals surface area contributed by atoms with Gasteiger partial charge in [-0.15, -0.1) is 11.3 Å². The van der Waals surface area contributed by atoms with Crippen molar-refractivity contribution in [3.05, 3.63) is 69.6 Å². The highest BCUT2D eigenvalue weighted by molar-refractivity contribution is 7.12. The third-order valence-corrected chi connectivity index (χ3v) is 5.13. The van der Waals surface area contributed by atoms with E-state index in [0.717, 1.165) is 12.1 Å². The minimum Gasteiger partial charge on any atom is -0.503 e. The van der Waals surface area contributed by atoms with E-state index in [9.17, 15) is 14.7 Å². The molecule has 0 aliphatic carbocycles. The lowest BCUT2D eigenvalue weighted by Crippen LogP contribution is -3.06. The molecule has 1 amide bonds. The molecule has 5 nitrogen and oxygen atoms in total. The molecule has 3 rings (SSSR count). The molecular weight excluding hydrogens is 336 g/mol. The number of hydrogen-bond acceptors (Lipinski definition) is 4. The van der Waals surface area contributed by atoms with E-state index < -0.39 is 17.7 Å². The maximum Gasteiger partial charge on any atom is 0.290 e. The Kier molecular flexibility index (Phi) is 5.01. The van der Waals surface area contributed by atoms with Crippen LogP contribution in [0.3, 0.4) is 0 Å². The fourth-order valence-corrected chi connectivity index (χ4v) is 3.66. The van der Waals surface area contributed by atoms with Crippen molar-refractivity contribution in [3.8, 4) is 0 Å². The molecule has 2 aromatic rings. The van der Waals surface area contributed by atoms with Crippen LogP contribution in [-0.2, 0) is 4.79 Å². The van der Waals surface area contributed by atoms with Crippen molar-refractivity contribution in [2.75, 3.05) is 27.2 Å². The molecule has 1 aliphatic rings. The first kappa shape index (κ1) is 17.4. The van der Waals surface area contributed by atoms with Crippen LogP contribution in [0.1, 0.15) is 21.3 Å². The highest BCUT2D eigenvalue weighted by Gasteiger charge is 2.43. The molecule has 0 saturated carbocycles. The van der Waals surface area contributed by atoms with Gasteiger partial charge in [-0.1, -0.05) is 36.4 Å². The van der Waals surface area contributed by atoms with Crippen LogP contribution in [0.2, 0.25) is 0 Å². The van der Waals surface area contributed by atoms with Crippen LogP contribution in [0.25, 0.3) is 0 Å². The van der Waals surface area contributed by atoms with Gasteiger partial charge < -0.3 is 14.9 Å². The summed E-state index contributed by atoms with van der Waals surface area (Å²) in [6, 6.07) is 12.3. The SMILES string of the molecule is C[NH+](C)CCN1C(=O)C(O)=C(C(=O)c2cccs2)C1c1ccccc1. The van der Waals surface area contributed by atoms with Crippen molar-refractivity contribution in [2.45, 2.75) is 6.04 Å². The number of nitrogens with one attached hydrogen (secondary N) is 1. The number of likely N-dealkylation sites (N-methyl/N-ethyl adjacent to an activating group) is 1. The second-order valence-corrected chi connectivity index (χ2v) is 7.29.